The third kappa shape index (κ3) is 4.45. The lowest BCUT2D eigenvalue weighted by Crippen LogP contribution is -2.54. The SMILES string of the molecule is CS(=O)(=O)Nc1ccc2c(c1)CCC1(CCN([C@@H]3CCc4cc(C#N)ccc4[C@H]3O)CC1)O2. The molecule has 2 aromatic carbocycles. The van der Waals surface area contributed by atoms with E-state index in [1.54, 1.807) is 12.1 Å². The number of sulfonamides is 1. The van der Waals surface area contributed by atoms with E-state index in [4.69, 9.17) is 10.00 Å². The van der Waals surface area contributed by atoms with Crippen LogP contribution in [0, 0.1) is 11.3 Å². The molecule has 1 aliphatic carbocycles. The van der Waals surface area contributed by atoms with Crippen molar-refractivity contribution < 1.29 is 18.3 Å². The molecular weight excluding hydrogens is 438 g/mol. The van der Waals surface area contributed by atoms with Crippen LogP contribution in [-0.4, -0.2) is 49.4 Å². The van der Waals surface area contributed by atoms with Gasteiger partial charge in [-0.15, -0.1) is 0 Å². The van der Waals surface area contributed by atoms with E-state index >= 15 is 0 Å². The molecule has 2 atom stereocenters. The van der Waals surface area contributed by atoms with Gasteiger partial charge in [-0.25, -0.2) is 8.42 Å². The molecule has 2 N–H and O–H groups in total. The molecule has 1 saturated heterocycles. The number of hydrogen-bond acceptors (Lipinski definition) is 6. The number of rotatable bonds is 3. The van der Waals surface area contributed by atoms with Crippen molar-refractivity contribution in [2.45, 2.75) is 56.3 Å². The maximum absolute atomic E-state index is 11.5. The quantitative estimate of drug-likeness (QED) is 0.719. The number of nitrogens with one attached hydrogen (secondary N) is 1. The Kier molecular flexibility index (Phi) is 5.60. The first-order valence-electron chi connectivity index (χ1n) is 11.5. The Morgan fingerprint density at radius 1 is 1.12 bits per heavy atom. The number of aryl methyl sites for hydroxylation is 2. The minimum absolute atomic E-state index is 0.0864. The van der Waals surface area contributed by atoms with Crippen molar-refractivity contribution in [3.8, 4) is 11.8 Å². The van der Waals surface area contributed by atoms with E-state index in [9.17, 15) is 13.5 Å². The summed E-state index contributed by atoms with van der Waals surface area (Å²) in [5.74, 6) is 0.841. The Morgan fingerprint density at radius 3 is 2.64 bits per heavy atom. The molecule has 1 spiro atoms. The molecule has 2 heterocycles. The molecule has 0 radical (unpaired) electrons. The topological polar surface area (TPSA) is 103 Å². The minimum Gasteiger partial charge on any atom is -0.487 e. The summed E-state index contributed by atoms with van der Waals surface area (Å²) in [6.07, 6.45) is 5.94. The highest BCUT2D eigenvalue weighted by atomic mass is 32.2. The van der Waals surface area contributed by atoms with Crippen LogP contribution < -0.4 is 9.46 Å². The zero-order valence-electron chi connectivity index (χ0n) is 18.8. The molecule has 0 amide bonds. The second-order valence-electron chi connectivity index (χ2n) is 9.59. The molecule has 33 heavy (non-hydrogen) atoms. The van der Waals surface area contributed by atoms with Crippen LogP contribution in [0.2, 0.25) is 0 Å². The number of benzene rings is 2. The number of fused-ring (bicyclic) bond motifs is 2. The third-order valence-corrected chi connectivity index (χ3v) is 7.99. The van der Waals surface area contributed by atoms with Crippen molar-refractivity contribution in [1.29, 1.82) is 5.26 Å². The van der Waals surface area contributed by atoms with E-state index in [-0.39, 0.29) is 11.6 Å². The largest absolute Gasteiger partial charge is 0.487 e. The molecular formula is C25H29N3O4S. The summed E-state index contributed by atoms with van der Waals surface area (Å²) in [6, 6.07) is 13.4. The number of nitriles is 1. The van der Waals surface area contributed by atoms with Crippen molar-refractivity contribution in [3.05, 3.63) is 58.7 Å². The Morgan fingerprint density at radius 2 is 1.91 bits per heavy atom. The summed E-state index contributed by atoms with van der Waals surface area (Å²) in [5, 5.41) is 20.2. The van der Waals surface area contributed by atoms with Crippen LogP contribution in [0.25, 0.3) is 0 Å². The Hall–Kier alpha value is -2.60. The number of anilines is 1. The highest BCUT2D eigenvalue weighted by molar-refractivity contribution is 7.92. The highest BCUT2D eigenvalue weighted by Gasteiger charge is 2.42. The lowest BCUT2D eigenvalue weighted by atomic mass is 9.80. The number of likely N-dealkylation sites (tertiary alicyclic amines) is 1. The smallest absolute Gasteiger partial charge is 0.229 e. The van der Waals surface area contributed by atoms with Gasteiger partial charge in [0.25, 0.3) is 0 Å². The van der Waals surface area contributed by atoms with Gasteiger partial charge in [0, 0.05) is 24.8 Å². The van der Waals surface area contributed by atoms with Crippen LogP contribution in [-0.2, 0) is 22.9 Å². The number of hydrogen-bond donors (Lipinski definition) is 2. The van der Waals surface area contributed by atoms with Crippen LogP contribution in [0.4, 0.5) is 5.69 Å². The van der Waals surface area contributed by atoms with E-state index in [1.165, 1.54) is 0 Å². The predicted octanol–water partition coefficient (Wildman–Crippen LogP) is 3.14. The molecule has 1 fully saturated rings. The Labute approximate surface area is 195 Å². The molecule has 3 aliphatic rings. The van der Waals surface area contributed by atoms with Gasteiger partial charge in [-0.05, 0) is 85.5 Å². The first kappa shape index (κ1) is 22.2. The lowest BCUT2D eigenvalue weighted by molar-refractivity contribution is -0.0479. The van der Waals surface area contributed by atoms with Gasteiger partial charge in [0.15, 0.2) is 0 Å². The van der Waals surface area contributed by atoms with Gasteiger partial charge >= 0.3 is 0 Å². The van der Waals surface area contributed by atoms with Crippen LogP contribution in [0.3, 0.4) is 0 Å². The molecule has 2 aromatic rings. The van der Waals surface area contributed by atoms with Crippen molar-refractivity contribution in [2.75, 3.05) is 24.1 Å². The van der Waals surface area contributed by atoms with Crippen molar-refractivity contribution in [2.24, 2.45) is 0 Å². The molecule has 0 unspecified atom stereocenters. The summed E-state index contributed by atoms with van der Waals surface area (Å²) in [6.45, 7) is 1.74. The van der Waals surface area contributed by atoms with Gasteiger partial charge in [-0.2, -0.15) is 5.26 Å². The zero-order valence-corrected chi connectivity index (χ0v) is 19.6. The number of aliphatic hydroxyl groups excluding tert-OH is 1. The summed E-state index contributed by atoms with van der Waals surface area (Å²) < 4.78 is 32.1. The average Bonchev–Trinajstić information content (AvgIpc) is 2.79. The Balaban J connectivity index is 1.25. The molecule has 2 aliphatic heterocycles. The molecule has 7 nitrogen and oxygen atoms in total. The minimum atomic E-state index is -3.31. The maximum Gasteiger partial charge on any atom is 0.229 e. The second-order valence-corrected chi connectivity index (χ2v) is 11.3. The summed E-state index contributed by atoms with van der Waals surface area (Å²) in [5.41, 5.74) is 4.09. The number of aliphatic hydroxyl groups is 1. The van der Waals surface area contributed by atoms with Crippen molar-refractivity contribution >= 4 is 15.7 Å². The van der Waals surface area contributed by atoms with E-state index in [0.717, 1.165) is 80.3 Å². The van der Waals surface area contributed by atoms with Crippen molar-refractivity contribution in [3.63, 3.8) is 0 Å². The fourth-order valence-corrected chi connectivity index (χ4v) is 6.20. The highest BCUT2D eigenvalue weighted by Crippen LogP contribution is 2.42. The van der Waals surface area contributed by atoms with Gasteiger partial charge < -0.3 is 9.84 Å². The maximum atomic E-state index is 11.5. The molecule has 5 rings (SSSR count). The number of nitrogens with zero attached hydrogens (tertiary/aromatic N) is 2. The molecule has 8 heteroatoms. The Bertz CT molecular complexity index is 1210. The predicted molar refractivity (Wildman–Crippen MR) is 126 cm³/mol. The fourth-order valence-electron chi connectivity index (χ4n) is 5.65. The van der Waals surface area contributed by atoms with Gasteiger partial charge in [0.2, 0.25) is 10.0 Å². The summed E-state index contributed by atoms with van der Waals surface area (Å²) >= 11 is 0. The van der Waals surface area contributed by atoms with E-state index in [2.05, 4.69) is 15.7 Å². The van der Waals surface area contributed by atoms with Crippen molar-refractivity contribution in [1.82, 2.24) is 4.90 Å². The fraction of sp³-hybridized carbons (Fsp3) is 0.480. The van der Waals surface area contributed by atoms with Gasteiger partial charge in [-0.1, -0.05) is 6.07 Å². The van der Waals surface area contributed by atoms with Gasteiger partial charge in [-0.3, -0.25) is 9.62 Å². The standard InChI is InChI=1S/C25H29N3O4S/c1-33(30,31)27-20-4-7-23-19(15-20)8-9-25(32-23)10-12-28(13-11-25)22-6-3-18-14-17(16-26)2-5-21(18)24(22)29/h2,4-5,7,14-15,22,24,27,29H,3,6,8-13H2,1H3/t22-,24-/m1/s1. The monoisotopic (exact) mass is 467 g/mol. The first-order chi connectivity index (χ1) is 15.8. The number of ether oxygens (including phenoxy) is 1. The van der Waals surface area contributed by atoms with Crippen LogP contribution in [0.1, 0.15) is 54.0 Å². The van der Waals surface area contributed by atoms with Crippen LogP contribution in [0.5, 0.6) is 5.75 Å². The van der Waals surface area contributed by atoms with Crippen LogP contribution >= 0.6 is 0 Å². The molecule has 174 valence electrons. The average molecular weight is 468 g/mol. The number of piperidine rings is 1. The molecule has 0 saturated carbocycles. The van der Waals surface area contributed by atoms with E-state index < -0.39 is 16.1 Å². The lowest BCUT2D eigenvalue weighted by Gasteiger charge is -2.48. The summed E-state index contributed by atoms with van der Waals surface area (Å²) in [4.78, 5) is 2.40. The van der Waals surface area contributed by atoms with Crippen LogP contribution in [0.15, 0.2) is 36.4 Å². The zero-order chi connectivity index (χ0) is 23.2. The molecule has 0 bridgehead atoms. The molecule has 0 aromatic heterocycles. The third-order valence-electron chi connectivity index (χ3n) is 7.38. The normalized spacial score (nSPS) is 24.3. The van der Waals surface area contributed by atoms with Gasteiger partial charge in [0.1, 0.15) is 11.4 Å². The summed E-state index contributed by atoms with van der Waals surface area (Å²) in [7, 11) is -3.31. The first-order valence-corrected chi connectivity index (χ1v) is 13.4. The van der Waals surface area contributed by atoms with E-state index in [1.807, 2.05) is 24.3 Å². The van der Waals surface area contributed by atoms with Gasteiger partial charge in [0.05, 0.1) is 24.0 Å². The van der Waals surface area contributed by atoms with E-state index in [0.29, 0.717) is 11.3 Å². The second kappa shape index (κ2) is 8.32.